The third kappa shape index (κ3) is 2.21. The van der Waals surface area contributed by atoms with E-state index in [1.54, 1.807) is 12.1 Å². The molecule has 0 aliphatic heterocycles. The molecule has 0 saturated heterocycles. The molecule has 14 heavy (non-hydrogen) atoms. The lowest BCUT2D eigenvalue weighted by Crippen LogP contribution is -2.17. The van der Waals surface area contributed by atoms with Crippen molar-refractivity contribution in [2.45, 2.75) is 12.5 Å². The molecule has 4 N–H and O–H groups in total. The summed E-state index contributed by atoms with van der Waals surface area (Å²) in [5.41, 5.74) is 11.6. The van der Waals surface area contributed by atoms with Crippen LogP contribution in [0.3, 0.4) is 0 Å². The Bertz CT molecular complexity index is 304. The fraction of sp³-hybridized carbons (Fsp3) is 0.400. The van der Waals surface area contributed by atoms with E-state index in [9.17, 15) is 4.39 Å². The molecule has 1 rings (SSSR count). The number of hydrogen-bond acceptors (Lipinski definition) is 3. The number of rotatable bonds is 4. The van der Waals surface area contributed by atoms with Crippen LogP contribution in [0.15, 0.2) is 18.2 Å². The lowest BCUT2D eigenvalue weighted by molar-refractivity contribution is 0.397. The van der Waals surface area contributed by atoms with Crippen molar-refractivity contribution < 1.29 is 9.13 Å². The van der Waals surface area contributed by atoms with Gasteiger partial charge in [0.15, 0.2) is 0 Å². The third-order valence-corrected chi connectivity index (χ3v) is 2.08. The molecule has 0 unspecified atom stereocenters. The van der Waals surface area contributed by atoms with Gasteiger partial charge in [-0.25, -0.2) is 4.39 Å². The molecular weight excluding hydrogens is 183 g/mol. The van der Waals surface area contributed by atoms with Gasteiger partial charge in [-0.15, -0.1) is 0 Å². The van der Waals surface area contributed by atoms with Gasteiger partial charge in [-0.2, -0.15) is 0 Å². The van der Waals surface area contributed by atoms with Crippen LogP contribution in [0.1, 0.15) is 18.0 Å². The van der Waals surface area contributed by atoms with Gasteiger partial charge < -0.3 is 16.2 Å². The van der Waals surface area contributed by atoms with Gasteiger partial charge in [-0.05, 0) is 25.1 Å². The number of hydrogen-bond donors (Lipinski definition) is 2. The van der Waals surface area contributed by atoms with E-state index in [1.807, 2.05) is 0 Å². The summed E-state index contributed by atoms with van der Waals surface area (Å²) in [5, 5.41) is 0. The Balaban J connectivity index is 3.03. The molecule has 3 nitrogen and oxygen atoms in total. The summed E-state index contributed by atoms with van der Waals surface area (Å²) in [6, 6.07) is 4.24. The first kappa shape index (κ1) is 10.9. The molecule has 0 aliphatic rings. The standard InChI is InChI=1S/C10H15FN2O/c1-14-9-4-2-3-7(11)10(9)8(13)5-6-12/h2-4,8H,5-6,12-13H2,1H3/t8-/m0/s1. The average Bonchev–Trinajstić information content (AvgIpc) is 2.17. The summed E-state index contributed by atoms with van der Waals surface area (Å²) < 4.78 is 18.4. The van der Waals surface area contributed by atoms with Crippen molar-refractivity contribution in [3.63, 3.8) is 0 Å². The molecule has 0 aliphatic carbocycles. The summed E-state index contributed by atoms with van der Waals surface area (Å²) in [5.74, 6) is 0.135. The van der Waals surface area contributed by atoms with Gasteiger partial charge in [0.2, 0.25) is 0 Å². The zero-order valence-corrected chi connectivity index (χ0v) is 8.16. The highest BCUT2D eigenvalue weighted by Gasteiger charge is 2.15. The number of benzene rings is 1. The first-order valence-corrected chi connectivity index (χ1v) is 4.48. The van der Waals surface area contributed by atoms with Gasteiger partial charge in [-0.3, -0.25) is 0 Å². The monoisotopic (exact) mass is 198 g/mol. The van der Waals surface area contributed by atoms with Crippen molar-refractivity contribution in [2.24, 2.45) is 11.5 Å². The van der Waals surface area contributed by atoms with Gasteiger partial charge in [0.25, 0.3) is 0 Å². The molecule has 1 aromatic carbocycles. The van der Waals surface area contributed by atoms with Crippen LogP contribution in [-0.4, -0.2) is 13.7 Å². The van der Waals surface area contributed by atoms with Gasteiger partial charge in [0, 0.05) is 11.6 Å². The largest absolute Gasteiger partial charge is 0.496 e. The average molecular weight is 198 g/mol. The minimum atomic E-state index is -0.406. The van der Waals surface area contributed by atoms with Crippen LogP contribution in [0.2, 0.25) is 0 Å². The first-order valence-electron chi connectivity index (χ1n) is 4.48. The van der Waals surface area contributed by atoms with Crippen molar-refractivity contribution >= 4 is 0 Å². The molecule has 4 heteroatoms. The second kappa shape index (κ2) is 4.93. The number of ether oxygens (including phenoxy) is 1. The Morgan fingerprint density at radius 3 is 2.79 bits per heavy atom. The molecule has 0 saturated carbocycles. The van der Waals surface area contributed by atoms with Crippen molar-refractivity contribution in [3.8, 4) is 5.75 Å². The Morgan fingerprint density at radius 1 is 1.50 bits per heavy atom. The Hall–Kier alpha value is -1.13. The van der Waals surface area contributed by atoms with Gasteiger partial charge in [0.05, 0.1) is 7.11 Å². The van der Waals surface area contributed by atoms with Crippen molar-refractivity contribution in [1.29, 1.82) is 0 Å². The predicted molar refractivity (Wildman–Crippen MR) is 53.6 cm³/mol. The van der Waals surface area contributed by atoms with Crippen LogP contribution < -0.4 is 16.2 Å². The van der Waals surface area contributed by atoms with Crippen molar-refractivity contribution in [1.82, 2.24) is 0 Å². The second-order valence-corrected chi connectivity index (χ2v) is 3.04. The summed E-state index contributed by atoms with van der Waals surface area (Å²) in [6.07, 6.45) is 0.539. The summed E-state index contributed by atoms with van der Waals surface area (Å²) >= 11 is 0. The predicted octanol–water partition coefficient (Wildman–Crippen LogP) is 1.18. The minimum Gasteiger partial charge on any atom is -0.496 e. The summed E-state index contributed by atoms with van der Waals surface area (Å²) in [6.45, 7) is 0.429. The van der Waals surface area contributed by atoms with Gasteiger partial charge in [0.1, 0.15) is 11.6 Å². The molecule has 0 amide bonds. The van der Waals surface area contributed by atoms with E-state index < -0.39 is 6.04 Å². The van der Waals surface area contributed by atoms with Crippen LogP contribution in [0.25, 0.3) is 0 Å². The number of methoxy groups -OCH3 is 1. The molecule has 0 fully saturated rings. The molecule has 0 heterocycles. The Labute approximate surface area is 82.9 Å². The van der Waals surface area contributed by atoms with Crippen LogP contribution >= 0.6 is 0 Å². The lowest BCUT2D eigenvalue weighted by Gasteiger charge is -2.15. The van der Waals surface area contributed by atoms with E-state index in [0.29, 0.717) is 24.3 Å². The smallest absolute Gasteiger partial charge is 0.131 e. The maximum atomic E-state index is 13.4. The van der Waals surface area contributed by atoms with Crippen molar-refractivity contribution in [2.75, 3.05) is 13.7 Å². The zero-order valence-electron chi connectivity index (χ0n) is 8.16. The highest BCUT2D eigenvalue weighted by Crippen LogP contribution is 2.27. The summed E-state index contributed by atoms with van der Waals surface area (Å²) in [7, 11) is 1.49. The number of halogens is 1. The molecule has 78 valence electrons. The molecule has 0 bridgehead atoms. The fourth-order valence-electron chi connectivity index (χ4n) is 1.38. The molecular formula is C10H15FN2O. The molecule has 0 spiro atoms. The highest BCUT2D eigenvalue weighted by molar-refractivity contribution is 5.36. The lowest BCUT2D eigenvalue weighted by atomic mass is 10.0. The molecule has 1 atom stereocenters. The van der Waals surface area contributed by atoms with Crippen LogP contribution in [0, 0.1) is 5.82 Å². The van der Waals surface area contributed by atoms with Crippen molar-refractivity contribution in [3.05, 3.63) is 29.6 Å². The highest BCUT2D eigenvalue weighted by atomic mass is 19.1. The third-order valence-electron chi connectivity index (χ3n) is 2.08. The van der Waals surface area contributed by atoms with Crippen LogP contribution in [-0.2, 0) is 0 Å². The topological polar surface area (TPSA) is 61.3 Å². The first-order chi connectivity index (χ1) is 6.70. The van der Waals surface area contributed by atoms with E-state index in [2.05, 4.69) is 0 Å². The Kier molecular flexibility index (Phi) is 3.85. The zero-order chi connectivity index (χ0) is 10.6. The molecule has 0 radical (unpaired) electrons. The van der Waals surface area contributed by atoms with Gasteiger partial charge in [-0.1, -0.05) is 6.07 Å². The van der Waals surface area contributed by atoms with Crippen LogP contribution in [0.4, 0.5) is 4.39 Å². The van der Waals surface area contributed by atoms with E-state index in [0.717, 1.165) is 0 Å². The Morgan fingerprint density at radius 2 is 2.21 bits per heavy atom. The van der Waals surface area contributed by atoms with Gasteiger partial charge >= 0.3 is 0 Å². The quantitative estimate of drug-likeness (QED) is 0.763. The second-order valence-electron chi connectivity index (χ2n) is 3.04. The molecule has 1 aromatic rings. The maximum absolute atomic E-state index is 13.4. The molecule has 0 aromatic heterocycles. The maximum Gasteiger partial charge on any atom is 0.131 e. The fourth-order valence-corrected chi connectivity index (χ4v) is 1.38. The minimum absolute atomic E-state index is 0.342. The normalized spacial score (nSPS) is 12.6. The van der Waals surface area contributed by atoms with E-state index >= 15 is 0 Å². The number of nitrogens with two attached hydrogens (primary N) is 2. The van der Waals surface area contributed by atoms with E-state index in [-0.39, 0.29) is 5.82 Å². The van der Waals surface area contributed by atoms with Crippen LogP contribution in [0.5, 0.6) is 5.75 Å². The van der Waals surface area contributed by atoms with E-state index in [1.165, 1.54) is 13.2 Å². The summed E-state index contributed by atoms with van der Waals surface area (Å²) in [4.78, 5) is 0. The SMILES string of the molecule is COc1cccc(F)c1[C@@H](N)CCN. The van der Waals surface area contributed by atoms with E-state index in [4.69, 9.17) is 16.2 Å².